The zero-order chi connectivity index (χ0) is 22.3. The van der Waals surface area contributed by atoms with Crippen LogP contribution < -0.4 is 31.8 Å². The van der Waals surface area contributed by atoms with Crippen molar-refractivity contribution in [3.63, 3.8) is 0 Å². The van der Waals surface area contributed by atoms with Crippen LogP contribution in [0.15, 0.2) is 36.4 Å². The number of ether oxygens (including phenoxy) is 2. The van der Waals surface area contributed by atoms with E-state index in [1.807, 2.05) is 12.1 Å². The average molecular weight is 482 g/mol. The summed E-state index contributed by atoms with van der Waals surface area (Å²) in [6.45, 7) is 1.17. The summed E-state index contributed by atoms with van der Waals surface area (Å²) in [5, 5.41) is 2.87. The van der Waals surface area contributed by atoms with E-state index in [0.717, 1.165) is 61.3 Å². The lowest BCUT2D eigenvalue weighted by Gasteiger charge is -2.08. The standard InChI is InChI=1S/C23H22F3N3O3.ClH/c24-23(25,26)16-6-7-17-18(11-16)29(22-4-2-1-3-9-28(17)22)13-21(30)27-12-15-5-8-19-20(10-15)32-14-31-19;/h5-8,10-11H,1-4,9,12-14H2;1H. The Hall–Kier alpha value is -2.94. The lowest BCUT2D eigenvalue weighted by molar-refractivity contribution is -0.678. The van der Waals surface area contributed by atoms with E-state index < -0.39 is 11.7 Å². The second-order valence-corrected chi connectivity index (χ2v) is 8.13. The number of hydrogen-bond donors (Lipinski definition) is 1. The van der Waals surface area contributed by atoms with Crippen molar-refractivity contribution in [3.8, 4) is 11.5 Å². The second kappa shape index (κ2) is 9.13. The van der Waals surface area contributed by atoms with Crippen LogP contribution in [0.1, 0.15) is 36.2 Å². The Morgan fingerprint density at radius 1 is 1.06 bits per heavy atom. The van der Waals surface area contributed by atoms with Crippen LogP contribution in [-0.2, 0) is 37.0 Å². The Kier molecular flexibility index (Phi) is 6.43. The van der Waals surface area contributed by atoms with Gasteiger partial charge < -0.3 is 27.2 Å². The molecule has 3 aromatic rings. The van der Waals surface area contributed by atoms with Gasteiger partial charge in [0.25, 0.3) is 11.7 Å². The minimum atomic E-state index is -4.44. The zero-order valence-electron chi connectivity index (χ0n) is 17.8. The number of carbonyl (C=O) groups excluding carboxylic acids is 1. The van der Waals surface area contributed by atoms with Gasteiger partial charge in [-0.25, -0.2) is 9.13 Å². The molecule has 1 aromatic heterocycles. The lowest BCUT2D eigenvalue weighted by Crippen LogP contribution is -3.00. The Labute approximate surface area is 194 Å². The number of halogens is 4. The summed E-state index contributed by atoms with van der Waals surface area (Å²) in [7, 11) is 0. The maximum Gasteiger partial charge on any atom is 0.416 e. The molecule has 2 aromatic carbocycles. The van der Waals surface area contributed by atoms with E-state index in [4.69, 9.17) is 9.47 Å². The Morgan fingerprint density at radius 2 is 1.88 bits per heavy atom. The monoisotopic (exact) mass is 481 g/mol. The largest absolute Gasteiger partial charge is 1.00 e. The molecule has 3 heterocycles. The predicted octanol–water partition coefficient (Wildman–Crippen LogP) is 0.723. The topological polar surface area (TPSA) is 56.4 Å². The van der Waals surface area contributed by atoms with E-state index in [0.29, 0.717) is 17.0 Å². The van der Waals surface area contributed by atoms with Gasteiger partial charge in [-0.3, -0.25) is 4.79 Å². The summed E-state index contributed by atoms with van der Waals surface area (Å²) in [6, 6.07) is 9.24. The molecule has 5 rings (SSSR count). The van der Waals surface area contributed by atoms with E-state index in [1.165, 1.54) is 6.07 Å². The molecular weight excluding hydrogens is 459 g/mol. The first-order chi connectivity index (χ1) is 15.4. The number of carbonyl (C=O) groups is 1. The first-order valence-electron chi connectivity index (χ1n) is 10.7. The van der Waals surface area contributed by atoms with E-state index in [-0.39, 0.29) is 38.2 Å². The smallest absolute Gasteiger partial charge is 0.416 e. The van der Waals surface area contributed by atoms with Gasteiger partial charge in [0.15, 0.2) is 29.1 Å². The molecule has 0 saturated heterocycles. The van der Waals surface area contributed by atoms with Gasteiger partial charge in [0.1, 0.15) is 0 Å². The summed E-state index contributed by atoms with van der Waals surface area (Å²) in [4.78, 5) is 12.8. The van der Waals surface area contributed by atoms with Crippen LogP contribution in [0.2, 0.25) is 0 Å². The van der Waals surface area contributed by atoms with E-state index >= 15 is 0 Å². The molecule has 0 bridgehead atoms. The number of rotatable bonds is 4. The fraction of sp³-hybridized carbons (Fsp3) is 0.391. The highest BCUT2D eigenvalue weighted by Crippen LogP contribution is 2.33. The molecule has 0 aliphatic carbocycles. The van der Waals surface area contributed by atoms with Crippen molar-refractivity contribution < 1.29 is 44.4 Å². The van der Waals surface area contributed by atoms with Gasteiger partial charge >= 0.3 is 6.18 Å². The quantitative estimate of drug-likeness (QED) is 0.559. The van der Waals surface area contributed by atoms with Crippen LogP contribution >= 0.6 is 0 Å². The molecular formula is C23H23ClF3N3O3. The molecule has 1 amide bonds. The fourth-order valence-electron chi connectivity index (χ4n) is 4.44. The molecule has 0 fully saturated rings. The summed E-state index contributed by atoms with van der Waals surface area (Å²) in [5.41, 5.74) is 1.32. The van der Waals surface area contributed by atoms with Crippen LogP contribution in [-0.4, -0.2) is 17.3 Å². The molecule has 176 valence electrons. The highest BCUT2D eigenvalue weighted by atomic mass is 35.5. The SMILES string of the molecule is O=C(Cn1c2[n+](c3ccc(C(F)(F)F)cc31)CCCCC2)NCc1ccc2c(c1)OCO2.[Cl-]. The molecule has 6 nitrogen and oxygen atoms in total. The van der Waals surface area contributed by atoms with Gasteiger partial charge in [0.05, 0.1) is 12.1 Å². The van der Waals surface area contributed by atoms with Crippen molar-refractivity contribution in [1.82, 2.24) is 9.88 Å². The minimum absolute atomic E-state index is 0. The summed E-state index contributed by atoms with van der Waals surface area (Å²) < 4.78 is 54.5. The van der Waals surface area contributed by atoms with Crippen molar-refractivity contribution in [1.29, 1.82) is 0 Å². The number of nitrogens with zero attached hydrogens (tertiary/aromatic N) is 2. The number of aryl methyl sites for hydroxylation is 1. The third kappa shape index (κ3) is 4.59. The van der Waals surface area contributed by atoms with Crippen LogP contribution in [0.4, 0.5) is 13.2 Å². The molecule has 2 aliphatic heterocycles. The van der Waals surface area contributed by atoms with Crippen LogP contribution in [0.3, 0.4) is 0 Å². The number of fused-ring (bicyclic) bond motifs is 4. The third-order valence-electron chi connectivity index (χ3n) is 6.02. The van der Waals surface area contributed by atoms with Crippen molar-refractivity contribution in [2.75, 3.05) is 6.79 Å². The lowest BCUT2D eigenvalue weighted by atomic mass is 10.2. The maximum absolute atomic E-state index is 13.3. The molecule has 33 heavy (non-hydrogen) atoms. The molecule has 0 spiro atoms. The second-order valence-electron chi connectivity index (χ2n) is 8.13. The van der Waals surface area contributed by atoms with Crippen LogP contribution in [0, 0.1) is 0 Å². The highest BCUT2D eigenvalue weighted by Gasteiger charge is 2.34. The first-order valence-corrected chi connectivity index (χ1v) is 10.7. The number of aromatic nitrogens is 2. The molecule has 1 N–H and O–H groups in total. The number of imidazole rings is 1. The Morgan fingerprint density at radius 3 is 2.70 bits per heavy atom. The molecule has 0 unspecified atom stereocenters. The maximum atomic E-state index is 13.3. The number of alkyl halides is 3. The first kappa shape index (κ1) is 23.2. The van der Waals surface area contributed by atoms with Crippen LogP contribution in [0.5, 0.6) is 11.5 Å². The summed E-state index contributed by atoms with van der Waals surface area (Å²) in [6.07, 6.45) is -0.742. The van der Waals surface area contributed by atoms with E-state index in [1.54, 1.807) is 10.6 Å². The predicted molar refractivity (Wildman–Crippen MR) is 109 cm³/mol. The summed E-state index contributed by atoms with van der Waals surface area (Å²) >= 11 is 0. The third-order valence-corrected chi connectivity index (χ3v) is 6.02. The van der Waals surface area contributed by atoms with Gasteiger partial charge in [0, 0.05) is 19.0 Å². The van der Waals surface area contributed by atoms with Crippen molar-refractivity contribution in [2.24, 2.45) is 0 Å². The Bertz CT molecular complexity index is 1190. The van der Waals surface area contributed by atoms with Gasteiger partial charge in [-0.15, -0.1) is 0 Å². The highest BCUT2D eigenvalue weighted by molar-refractivity contribution is 5.80. The van der Waals surface area contributed by atoms with Crippen molar-refractivity contribution in [2.45, 2.75) is 51.5 Å². The van der Waals surface area contributed by atoms with Gasteiger partial charge in [-0.2, -0.15) is 13.2 Å². The number of hydrogen-bond acceptors (Lipinski definition) is 3. The van der Waals surface area contributed by atoms with Crippen molar-refractivity contribution >= 4 is 16.9 Å². The Balaban J connectivity index is 0.00000259. The van der Waals surface area contributed by atoms with Crippen molar-refractivity contribution in [3.05, 3.63) is 53.3 Å². The molecule has 0 saturated carbocycles. The van der Waals surface area contributed by atoms with Gasteiger partial charge in [-0.05, 0) is 49.1 Å². The van der Waals surface area contributed by atoms with Gasteiger partial charge in [0.2, 0.25) is 6.79 Å². The summed E-state index contributed by atoms with van der Waals surface area (Å²) in [5.74, 6) is 1.94. The van der Waals surface area contributed by atoms with E-state index in [2.05, 4.69) is 9.88 Å². The average Bonchev–Trinajstić information content (AvgIpc) is 3.24. The van der Waals surface area contributed by atoms with Gasteiger partial charge in [-0.1, -0.05) is 6.07 Å². The van der Waals surface area contributed by atoms with E-state index in [9.17, 15) is 18.0 Å². The fourth-order valence-corrected chi connectivity index (χ4v) is 4.44. The number of amides is 1. The zero-order valence-corrected chi connectivity index (χ0v) is 18.5. The minimum Gasteiger partial charge on any atom is -1.00 e. The molecule has 0 atom stereocenters. The molecule has 2 aliphatic rings. The number of nitrogens with one attached hydrogen (secondary N) is 1. The van der Waals surface area contributed by atoms with Crippen LogP contribution in [0.25, 0.3) is 11.0 Å². The number of benzene rings is 2. The molecule has 0 radical (unpaired) electrons. The normalized spacial score (nSPS) is 15.0. The molecule has 10 heteroatoms.